The molecule has 1 aromatic carbocycles. The molecule has 9 nitrogen and oxygen atoms in total. The highest BCUT2D eigenvalue weighted by Gasteiger charge is 2.55. The molecule has 41 heavy (non-hydrogen) atoms. The average Bonchev–Trinajstić information content (AvgIpc) is 3.61. The Balaban J connectivity index is 1.24. The van der Waals surface area contributed by atoms with Crippen molar-refractivity contribution in [1.82, 2.24) is 29.0 Å². The Hall–Kier alpha value is -3.52. The summed E-state index contributed by atoms with van der Waals surface area (Å²) in [5.74, 6) is -1.54. The van der Waals surface area contributed by atoms with Crippen molar-refractivity contribution in [1.29, 1.82) is 0 Å². The average molecular weight is 578 g/mol. The van der Waals surface area contributed by atoms with E-state index in [-0.39, 0.29) is 51.5 Å². The van der Waals surface area contributed by atoms with Crippen LogP contribution in [-0.4, -0.2) is 86.6 Å². The fourth-order valence-electron chi connectivity index (χ4n) is 6.16. The van der Waals surface area contributed by atoms with Crippen molar-refractivity contribution in [2.45, 2.75) is 50.0 Å². The first-order valence-corrected chi connectivity index (χ1v) is 13.6. The van der Waals surface area contributed by atoms with Gasteiger partial charge in [0.25, 0.3) is 6.43 Å². The van der Waals surface area contributed by atoms with Gasteiger partial charge in [0.15, 0.2) is 11.6 Å². The zero-order chi connectivity index (χ0) is 28.5. The Bertz CT molecular complexity index is 1620. The largest absolute Gasteiger partial charge is 0.479 e. The van der Waals surface area contributed by atoms with Crippen molar-refractivity contribution in [3.05, 3.63) is 36.3 Å². The Morgan fingerprint density at radius 3 is 2.66 bits per heavy atom. The van der Waals surface area contributed by atoms with Gasteiger partial charge in [0.1, 0.15) is 16.7 Å². The third kappa shape index (κ3) is 4.47. The number of aromatic nitrogens is 5. The number of likely N-dealkylation sites (tertiary alicyclic amines) is 1. The highest BCUT2D eigenvalue weighted by molar-refractivity contribution is 5.90. The van der Waals surface area contributed by atoms with E-state index in [1.807, 2.05) is 0 Å². The number of alkyl halides is 3. The molecule has 5 heterocycles. The Kier molecular flexibility index (Phi) is 6.30. The maximum absolute atomic E-state index is 16.5. The summed E-state index contributed by atoms with van der Waals surface area (Å²) >= 11 is 0. The van der Waals surface area contributed by atoms with E-state index in [1.54, 1.807) is 0 Å². The number of ether oxygens (including phenoxy) is 2. The molecule has 2 atom stereocenters. The van der Waals surface area contributed by atoms with Crippen LogP contribution in [0.25, 0.3) is 27.7 Å². The number of fused-ring (bicyclic) bond motifs is 2. The van der Waals surface area contributed by atoms with Gasteiger partial charge in [-0.05, 0) is 42.9 Å². The van der Waals surface area contributed by atoms with E-state index in [4.69, 9.17) is 9.47 Å². The Morgan fingerprint density at radius 1 is 1.17 bits per heavy atom. The van der Waals surface area contributed by atoms with E-state index in [1.165, 1.54) is 17.7 Å². The summed E-state index contributed by atoms with van der Waals surface area (Å²) in [4.78, 5) is 10.5. The minimum atomic E-state index is -2.69. The molecular weight excluding hydrogens is 549 g/mol. The number of imidazole rings is 1. The number of rotatable bonds is 8. The normalized spacial score (nSPS) is 23.9. The number of piperidine rings is 1. The molecule has 0 bridgehead atoms. The first-order valence-electron chi connectivity index (χ1n) is 13.6. The lowest BCUT2D eigenvalue weighted by Crippen LogP contribution is -2.63. The number of nitrogens with one attached hydrogen (secondary N) is 1. The quantitative estimate of drug-likeness (QED) is 0.313. The monoisotopic (exact) mass is 577 g/mol. The van der Waals surface area contributed by atoms with Gasteiger partial charge in [-0.3, -0.25) is 4.90 Å². The van der Waals surface area contributed by atoms with Crippen molar-refractivity contribution < 1.29 is 31.4 Å². The van der Waals surface area contributed by atoms with Crippen LogP contribution in [0.1, 0.15) is 19.3 Å². The van der Waals surface area contributed by atoms with E-state index in [0.29, 0.717) is 32.7 Å². The van der Waals surface area contributed by atoms with Gasteiger partial charge in [-0.1, -0.05) is 0 Å². The van der Waals surface area contributed by atoms with Crippen LogP contribution >= 0.6 is 0 Å². The number of benzene rings is 1. The van der Waals surface area contributed by atoms with Gasteiger partial charge in [0, 0.05) is 13.1 Å². The molecule has 218 valence electrons. The molecule has 3 aromatic heterocycles. The predicted molar refractivity (Wildman–Crippen MR) is 139 cm³/mol. The molecule has 2 saturated heterocycles. The molecule has 1 saturated carbocycles. The molecule has 1 N–H and O–H groups in total. The lowest BCUT2D eigenvalue weighted by molar-refractivity contribution is -0.0994. The summed E-state index contributed by atoms with van der Waals surface area (Å²) in [6, 6.07) is 2.16. The molecular formula is C27H28F5N7O2. The maximum Gasteiger partial charge on any atom is 0.256 e. The topological polar surface area (TPSA) is 81.7 Å². The summed E-state index contributed by atoms with van der Waals surface area (Å²) < 4.78 is 86.2. The molecule has 2 aliphatic heterocycles. The molecule has 0 amide bonds. The molecule has 4 aromatic rings. The van der Waals surface area contributed by atoms with Crippen LogP contribution in [0.5, 0.6) is 5.88 Å². The van der Waals surface area contributed by atoms with Crippen LogP contribution < -0.4 is 10.1 Å². The van der Waals surface area contributed by atoms with Crippen molar-refractivity contribution in [3.63, 3.8) is 0 Å². The second kappa shape index (κ2) is 9.79. The molecule has 1 aliphatic carbocycles. The van der Waals surface area contributed by atoms with E-state index >= 15 is 8.78 Å². The predicted octanol–water partition coefficient (Wildman–Crippen LogP) is 4.30. The number of hydrogen-bond acceptors (Lipinski definition) is 7. The molecule has 1 unspecified atom stereocenters. The molecule has 0 spiro atoms. The second-order valence-corrected chi connectivity index (χ2v) is 11.1. The van der Waals surface area contributed by atoms with Gasteiger partial charge >= 0.3 is 0 Å². The van der Waals surface area contributed by atoms with Gasteiger partial charge < -0.3 is 19.4 Å². The summed E-state index contributed by atoms with van der Waals surface area (Å²) in [5.41, 5.74) is -1.36. The summed E-state index contributed by atoms with van der Waals surface area (Å²) in [6.45, 7) is 1.53. The van der Waals surface area contributed by atoms with Crippen LogP contribution in [0.15, 0.2) is 24.7 Å². The fourth-order valence-corrected chi connectivity index (χ4v) is 6.16. The van der Waals surface area contributed by atoms with Gasteiger partial charge in [0.2, 0.25) is 11.8 Å². The summed E-state index contributed by atoms with van der Waals surface area (Å²) in [7, 11) is 1.35. The smallest absolute Gasteiger partial charge is 0.256 e. The van der Waals surface area contributed by atoms with Crippen molar-refractivity contribution >= 4 is 22.5 Å². The van der Waals surface area contributed by atoms with Crippen LogP contribution in [0.4, 0.5) is 27.9 Å². The van der Waals surface area contributed by atoms with Gasteiger partial charge in [0.05, 0.1) is 62.6 Å². The van der Waals surface area contributed by atoms with E-state index in [2.05, 4.69) is 25.3 Å². The summed E-state index contributed by atoms with van der Waals surface area (Å²) in [5, 5.41) is 7.57. The third-order valence-corrected chi connectivity index (χ3v) is 8.47. The van der Waals surface area contributed by atoms with E-state index in [9.17, 15) is 13.2 Å². The zero-order valence-corrected chi connectivity index (χ0v) is 22.2. The molecule has 7 rings (SSSR count). The molecule has 3 aliphatic rings. The third-order valence-electron chi connectivity index (χ3n) is 8.47. The van der Waals surface area contributed by atoms with E-state index < -0.39 is 36.3 Å². The number of methoxy groups -OCH3 is 1. The molecule has 3 fully saturated rings. The lowest BCUT2D eigenvalue weighted by atomic mass is 9.84. The fraction of sp³-hybridized carbons (Fsp3) is 0.519. The second-order valence-electron chi connectivity index (χ2n) is 11.1. The maximum atomic E-state index is 16.5. The first kappa shape index (κ1) is 26.4. The zero-order valence-electron chi connectivity index (χ0n) is 22.2. The van der Waals surface area contributed by atoms with Crippen LogP contribution in [0, 0.1) is 17.6 Å². The van der Waals surface area contributed by atoms with Crippen molar-refractivity contribution in [2.75, 3.05) is 38.7 Å². The number of hydrogen-bond donors (Lipinski definition) is 1. The van der Waals surface area contributed by atoms with Gasteiger partial charge in [-0.15, -0.1) is 5.10 Å². The highest BCUT2D eigenvalue weighted by atomic mass is 19.3. The standard InChI is InChI=1S/C27H28F5N7O2/c1-40-25-24-22(14-6-17(28)23-19(7-14)38(13-33-23)9-21(30)31)18(29)8-39(24)36-26(35-25)34-20-4-5-37(16-10-41-11-16)12-27(20,32)15-2-3-15/h6-8,13,15-16,20-21H,2-5,9-12H2,1H3,(H,34,36)/t20-,27?/m1/s1. The Labute approximate surface area is 231 Å². The van der Waals surface area contributed by atoms with E-state index in [0.717, 1.165) is 36.0 Å². The molecule has 14 heteroatoms. The van der Waals surface area contributed by atoms with Crippen LogP contribution in [-0.2, 0) is 11.3 Å². The first-order chi connectivity index (χ1) is 19.7. The Morgan fingerprint density at radius 2 is 1.98 bits per heavy atom. The number of halogens is 5. The minimum Gasteiger partial charge on any atom is -0.479 e. The van der Waals surface area contributed by atoms with Crippen LogP contribution in [0.2, 0.25) is 0 Å². The number of anilines is 1. The number of nitrogens with zero attached hydrogens (tertiary/aromatic N) is 6. The van der Waals surface area contributed by atoms with Crippen LogP contribution in [0.3, 0.4) is 0 Å². The summed E-state index contributed by atoms with van der Waals surface area (Å²) in [6.07, 6.45) is 1.70. The van der Waals surface area contributed by atoms with Crippen molar-refractivity contribution in [3.8, 4) is 17.0 Å². The van der Waals surface area contributed by atoms with Gasteiger partial charge in [-0.2, -0.15) is 4.98 Å². The molecule has 0 radical (unpaired) electrons. The highest BCUT2D eigenvalue weighted by Crippen LogP contribution is 2.48. The van der Waals surface area contributed by atoms with Crippen molar-refractivity contribution in [2.24, 2.45) is 5.92 Å². The SMILES string of the molecule is COc1nc(N[C@@H]2CCN(C3COC3)CC2(F)C2CC2)nn2cc(F)c(-c3cc(F)c4ncn(CC(F)F)c4c3)c12. The minimum absolute atomic E-state index is 0.0112. The lowest BCUT2D eigenvalue weighted by Gasteiger charge is -2.48. The van der Waals surface area contributed by atoms with Gasteiger partial charge in [-0.25, -0.2) is 31.5 Å².